The smallest absolute Gasteiger partial charge is 0.265 e. The molecule has 3 aromatic carbocycles. The van der Waals surface area contributed by atoms with Gasteiger partial charge in [-0.3, -0.25) is 14.5 Å². The molecular formula is C27H29N3O4. The molecular weight excluding hydrogens is 430 g/mol. The normalized spacial score (nSPS) is 14.8. The van der Waals surface area contributed by atoms with Crippen molar-refractivity contribution in [2.45, 2.75) is 19.6 Å². The summed E-state index contributed by atoms with van der Waals surface area (Å²) in [6.07, 6.45) is -0.545. The van der Waals surface area contributed by atoms with Gasteiger partial charge >= 0.3 is 0 Å². The van der Waals surface area contributed by atoms with E-state index in [-0.39, 0.29) is 11.8 Å². The van der Waals surface area contributed by atoms with Gasteiger partial charge in [-0.2, -0.15) is 0 Å². The molecule has 0 aromatic heterocycles. The number of hydrogen-bond acceptors (Lipinski definition) is 5. The van der Waals surface area contributed by atoms with Crippen LogP contribution in [0.2, 0.25) is 0 Å². The van der Waals surface area contributed by atoms with Crippen LogP contribution in [0.3, 0.4) is 0 Å². The molecule has 34 heavy (non-hydrogen) atoms. The summed E-state index contributed by atoms with van der Waals surface area (Å²) >= 11 is 0. The molecule has 1 aliphatic rings. The van der Waals surface area contributed by atoms with Crippen LogP contribution in [0.15, 0.2) is 66.7 Å². The molecule has 1 atom stereocenters. The number of likely N-dealkylation sites (N-methyl/N-ethyl adjacent to an activating group) is 1. The number of benzene rings is 3. The zero-order valence-corrected chi connectivity index (χ0v) is 19.6. The summed E-state index contributed by atoms with van der Waals surface area (Å²) in [4.78, 5) is 27.2. The minimum Gasteiger partial charge on any atom is -0.479 e. The van der Waals surface area contributed by atoms with E-state index in [1.807, 2.05) is 43.4 Å². The van der Waals surface area contributed by atoms with E-state index >= 15 is 0 Å². The Morgan fingerprint density at radius 1 is 1.12 bits per heavy atom. The molecule has 4 rings (SSSR count). The van der Waals surface area contributed by atoms with Crippen LogP contribution >= 0.6 is 0 Å². The van der Waals surface area contributed by atoms with Crippen LogP contribution in [0.4, 0.5) is 11.4 Å². The van der Waals surface area contributed by atoms with Gasteiger partial charge in [-0.05, 0) is 61.0 Å². The lowest BCUT2D eigenvalue weighted by molar-refractivity contribution is -0.122. The molecule has 0 fully saturated rings. The summed E-state index contributed by atoms with van der Waals surface area (Å²) in [6.45, 7) is 3.78. The molecule has 1 heterocycles. The summed E-state index contributed by atoms with van der Waals surface area (Å²) in [7, 11) is 3.72. The van der Waals surface area contributed by atoms with Gasteiger partial charge in [-0.15, -0.1) is 0 Å². The van der Waals surface area contributed by atoms with Gasteiger partial charge in [0.2, 0.25) is 0 Å². The molecule has 2 amide bonds. The van der Waals surface area contributed by atoms with Crippen LogP contribution in [-0.4, -0.2) is 50.1 Å². The molecule has 176 valence electrons. The Bertz CT molecular complexity index is 1180. The summed E-state index contributed by atoms with van der Waals surface area (Å²) < 4.78 is 10.8. The van der Waals surface area contributed by atoms with Crippen molar-refractivity contribution in [1.82, 2.24) is 4.90 Å². The predicted molar refractivity (Wildman–Crippen MR) is 133 cm³/mol. The van der Waals surface area contributed by atoms with Crippen molar-refractivity contribution < 1.29 is 19.1 Å². The zero-order chi connectivity index (χ0) is 24.1. The molecule has 0 bridgehead atoms. The van der Waals surface area contributed by atoms with Crippen molar-refractivity contribution in [2.75, 3.05) is 37.9 Å². The van der Waals surface area contributed by atoms with Gasteiger partial charge in [0.25, 0.3) is 11.8 Å². The maximum Gasteiger partial charge on any atom is 0.265 e. The number of hydrogen-bond donors (Lipinski definition) is 2. The first-order chi connectivity index (χ1) is 16.4. The van der Waals surface area contributed by atoms with E-state index in [2.05, 4.69) is 27.7 Å². The van der Waals surface area contributed by atoms with Crippen LogP contribution < -0.4 is 15.4 Å². The average Bonchev–Trinajstić information content (AvgIpc) is 2.84. The number of nitrogens with zero attached hydrogens (tertiary/aromatic N) is 1. The molecule has 1 aliphatic heterocycles. The quantitative estimate of drug-likeness (QED) is 0.522. The third-order valence-electron chi connectivity index (χ3n) is 5.74. The molecule has 3 aromatic rings. The number of nitrogens with one attached hydrogen (secondary N) is 2. The van der Waals surface area contributed by atoms with E-state index in [1.165, 1.54) is 0 Å². The SMILES string of the molecule is COCCN(C)Cc1cc(C(=O)Nc2ccc3c(c2)NC(=O)C(C)O3)ccc1-c1ccccc1. The monoisotopic (exact) mass is 459 g/mol. The summed E-state index contributed by atoms with van der Waals surface area (Å²) in [6, 6.07) is 21.1. The van der Waals surface area contributed by atoms with Gasteiger partial charge in [0.15, 0.2) is 6.10 Å². The second kappa shape index (κ2) is 10.5. The number of anilines is 2. The largest absolute Gasteiger partial charge is 0.479 e. The first-order valence-electron chi connectivity index (χ1n) is 11.2. The van der Waals surface area contributed by atoms with Crippen LogP contribution in [0.25, 0.3) is 11.1 Å². The summed E-state index contributed by atoms with van der Waals surface area (Å²) in [5.41, 5.74) is 4.92. The fraction of sp³-hybridized carbons (Fsp3) is 0.259. The number of carbonyl (C=O) groups is 2. The molecule has 7 heteroatoms. The van der Waals surface area contributed by atoms with E-state index in [4.69, 9.17) is 9.47 Å². The van der Waals surface area contributed by atoms with Crippen LogP contribution in [-0.2, 0) is 16.1 Å². The lowest BCUT2D eigenvalue weighted by Gasteiger charge is -2.23. The minimum atomic E-state index is -0.545. The number of amides is 2. The van der Waals surface area contributed by atoms with Gasteiger partial charge < -0.3 is 20.1 Å². The highest BCUT2D eigenvalue weighted by molar-refractivity contribution is 6.05. The van der Waals surface area contributed by atoms with Crippen molar-refractivity contribution in [3.05, 3.63) is 77.9 Å². The first-order valence-corrected chi connectivity index (χ1v) is 11.2. The van der Waals surface area contributed by atoms with Crippen molar-refractivity contribution in [1.29, 1.82) is 0 Å². The zero-order valence-electron chi connectivity index (χ0n) is 19.6. The van der Waals surface area contributed by atoms with Crippen molar-refractivity contribution in [3.8, 4) is 16.9 Å². The van der Waals surface area contributed by atoms with Crippen molar-refractivity contribution in [2.24, 2.45) is 0 Å². The second-order valence-corrected chi connectivity index (χ2v) is 8.38. The average molecular weight is 460 g/mol. The van der Waals surface area contributed by atoms with Gasteiger partial charge in [0.05, 0.1) is 12.3 Å². The Balaban J connectivity index is 1.57. The van der Waals surface area contributed by atoms with Gasteiger partial charge in [-0.1, -0.05) is 36.4 Å². The Morgan fingerprint density at radius 2 is 1.91 bits per heavy atom. The standard InChI is InChI=1S/C27H29N3O4/c1-18-26(31)29-24-16-22(10-12-25(24)34-18)28-27(32)20-9-11-23(19-7-5-4-6-8-19)21(15-20)17-30(2)13-14-33-3/h4-12,15-16,18H,13-14,17H2,1-3H3,(H,28,32)(H,29,31). The highest BCUT2D eigenvalue weighted by atomic mass is 16.5. The van der Waals surface area contributed by atoms with Gasteiger partial charge in [0, 0.05) is 31.5 Å². The number of rotatable bonds is 8. The Kier molecular flexibility index (Phi) is 7.25. The van der Waals surface area contributed by atoms with E-state index in [0.29, 0.717) is 35.8 Å². The predicted octanol–water partition coefficient (Wildman–Crippen LogP) is 4.40. The molecule has 0 saturated heterocycles. The maximum atomic E-state index is 13.1. The van der Waals surface area contributed by atoms with E-state index in [9.17, 15) is 9.59 Å². The number of ether oxygens (including phenoxy) is 2. The minimum absolute atomic E-state index is 0.213. The Labute approximate surface area is 199 Å². The number of carbonyl (C=O) groups excluding carboxylic acids is 2. The van der Waals surface area contributed by atoms with Crippen LogP contribution in [0.1, 0.15) is 22.8 Å². The molecule has 1 unspecified atom stereocenters. The van der Waals surface area contributed by atoms with Crippen molar-refractivity contribution >= 4 is 23.2 Å². The second-order valence-electron chi connectivity index (χ2n) is 8.38. The third kappa shape index (κ3) is 5.44. The number of methoxy groups -OCH3 is 1. The maximum absolute atomic E-state index is 13.1. The molecule has 2 N–H and O–H groups in total. The molecule has 0 saturated carbocycles. The van der Waals surface area contributed by atoms with Crippen LogP contribution in [0, 0.1) is 0 Å². The summed E-state index contributed by atoms with van der Waals surface area (Å²) in [5.74, 6) is 0.144. The Hall–Kier alpha value is -3.68. The van der Waals surface area contributed by atoms with Crippen LogP contribution in [0.5, 0.6) is 5.75 Å². The third-order valence-corrected chi connectivity index (χ3v) is 5.74. The fourth-order valence-corrected chi connectivity index (χ4v) is 3.87. The van der Waals surface area contributed by atoms with Gasteiger partial charge in [0.1, 0.15) is 5.75 Å². The lowest BCUT2D eigenvalue weighted by Crippen LogP contribution is -2.34. The highest BCUT2D eigenvalue weighted by Crippen LogP contribution is 2.32. The fourth-order valence-electron chi connectivity index (χ4n) is 3.87. The highest BCUT2D eigenvalue weighted by Gasteiger charge is 2.24. The Morgan fingerprint density at radius 3 is 2.68 bits per heavy atom. The van der Waals surface area contributed by atoms with Crippen molar-refractivity contribution in [3.63, 3.8) is 0 Å². The molecule has 0 radical (unpaired) electrons. The van der Waals surface area contributed by atoms with E-state index < -0.39 is 6.10 Å². The summed E-state index contributed by atoms with van der Waals surface area (Å²) in [5, 5.41) is 5.73. The molecule has 7 nitrogen and oxygen atoms in total. The molecule has 0 spiro atoms. The first kappa shape index (κ1) is 23.5. The lowest BCUT2D eigenvalue weighted by atomic mass is 9.96. The van der Waals surface area contributed by atoms with E-state index in [1.54, 1.807) is 32.2 Å². The topological polar surface area (TPSA) is 79.9 Å². The van der Waals surface area contributed by atoms with Gasteiger partial charge in [-0.25, -0.2) is 0 Å². The van der Waals surface area contributed by atoms with E-state index in [0.717, 1.165) is 23.2 Å². The molecule has 0 aliphatic carbocycles. The number of fused-ring (bicyclic) bond motifs is 1.